The van der Waals surface area contributed by atoms with Crippen LogP contribution in [0.3, 0.4) is 0 Å². The Morgan fingerprint density at radius 3 is 3.08 bits per heavy atom. The Morgan fingerprint density at radius 2 is 2.33 bits per heavy atom. The lowest BCUT2D eigenvalue weighted by molar-refractivity contribution is 0.124. The molecule has 0 saturated carbocycles. The fourth-order valence-corrected chi connectivity index (χ4v) is 0.830. The highest BCUT2D eigenvalue weighted by Gasteiger charge is 1.89. The summed E-state index contributed by atoms with van der Waals surface area (Å²) in [6.45, 7) is -4.65. The summed E-state index contributed by atoms with van der Waals surface area (Å²) in [5, 5.41) is 1.89. The van der Waals surface area contributed by atoms with Crippen molar-refractivity contribution in [2.45, 2.75) is 6.61 Å². The minimum atomic E-state index is -2.51. The highest BCUT2D eigenvalue weighted by molar-refractivity contribution is 5.13. The predicted octanol–water partition coefficient (Wildman–Crippen LogP) is 1.42. The van der Waals surface area contributed by atoms with Crippen LogP contribution >= 0.6 is 0 Å². The average Bonchev–Trinajstić information content (AvgIpc) is 2.15. The summed E-state index contributed by atoms with van der Waals surface area (Å²) in [6.07, 6.45) is 0. The van der Waals surface area contributed by atoms with Gasteiger partial charge in [-0.15, -0.1) is 0 Å². The van der Waals surface area contributed by atoms with Gasteiger partial charge in [-0.3, -0.25) is 0 Å². The Morgan fingerprint density at radius 1 is 1.50 bits per heavy atom. The zero-order valence-corrected chi connectivity index (χ0v) is 6.71. The van der Waals surface area contributed by atoms with Gasteiger partial charge in [-0.1, -0.05) is 30.3 Å². The molecular formula is C10H15NO. The van der Waals surface area contributed by atoms with Crippen LogP contribution in [-0.4, -0.2) is 20.1 Å². The molecule has 2 nitrogen and oxygen atoms in total. The average molecular weight is 170 g/mol. The van der Waals surface area contributed by atoms with Gasteiger partial charge in [-0.05, 0) is 12.5 Å². The molecule has 0 unspecified atom stereocenters. The Bertz CT molecular complexity index is 338. The Labute approximate surface area is 80.6 Å². The minimum absolute atomic E-state index is 0.253. The van der Waals surface area contributed by atoms with Crippen LogP contribution in [0.2, 0.25) is 0 Å². The first-order valence-electron chi connectivity index (χ1n) is 6.20. The second-order valence-electron chi connectivity index (χ2n) is 2.28. The SMILES string of the molecule is [2H]C([2H])([2H])NC([2H])([2H])COCc1ccccc1. The molecule has 0 saturated heterocycles. The first-order chi connectivity index (χ1) is 7.79. The normalized spacial score (nSPS) is 18.5. The molecule has 66 valence electrons. The maximum absolute atomic E-state index is 7.42. The van der Waals surface area contributed by atoms with Gasteiger partial charge in [0.15, 0.2) is 0 Å². The third kappa shape index (κ3) is 3.51. The second-order valence-corrected chi connectivity index (χ2v) is 2.28. The molecule has 1 aromatic carbocycles. The van der Waals surface area contributed by atoms with Crippen molar-refractivity contribution in [3.63, 3.8) is 0 Å². The van der Waals surface area contributed by atoms with Crippen molar-refractivity contribution < 1.29 is 11.6 Å². The molecule has 1 rings (SSSR count). The lowest BCUT2D eigenvalue weighted by Gasteiger charge is -2.02. The van der Waals surface area contributed by atoms with Gasteiger partial charge in [-0.25, -0.2) is 0 Å². The van der Waals surface area contributed by atoms with Crippen molar-refractivity contribution in [1.82, 2.24) is 5.32 Å². The van der Waals surface area contributed by atoms with Crippen LogP contribution in [-0.2, 0) is 11.3 Å². The lowest BCUT2D eigenvalue weighted by Crippen LogP contribution is -2.13. The minimum Gasteiger partial charge on any atom is -0.375 e. The van der Waals surface area contributed by atoms with E-state index in [-0.39, 0.29) is 13.2 Å². The summed E-state index contributed by atoms with van der Waals surface area (Å²) in [7, 11) is 0. The highest BCUT2D eigenvalue weighted by atomic mass is 16.5. The molecule has 0 bridgehead atoms. The fourth-order valence-electron chi connectivity index (χ4n) is 0.830. The fraction of sp³-hybridized carbons (Fsp3) is 0.400. The van der Waals surface area contributed by atoms with E-state index in [9.17, 15) is 0 Å². The molecule has 0 aliphatic heterocycles. The Kier molecular flexibility index (Phi) is 2.11. The third-order valence-electron chi connectivity index (χ3n) is 1.37. The van der Waals surface area contributed by atoms with Crippen LogP contribution in [0, 0.1) is 0 Å². The number of nitrogens with one attached hydrogen (secondary N) is 1. The zero-order valence-electron chi connectivity index (χ0n) is 11.7. The number of hydrogen-bond donors (Lipinski definition) is 1. The monoisotopic (exact) mass is 170 g/mol. The Balaban J connectivity index is 2.35. The summed E-state index contributed by atoms with van der Waals surface area (Å²) in [4.78, 5) is 0. The standard InChI is InChI=1S/C10H15NO/c1-11-7-8-12-9-10-5-3-2-4-6-10/h2-6,11H,7-9H2,1H3/i1D3,7D2. The summed E-state index contributed by atoms with van der Waals surface area (Å²) in [5.41, 5.74) is 0.914. The van der Waals surface area contributed by atoms with Gasteiger partial charge in [0.25, 0.3) is 0 Å². The molecule has 1 N–H and O–H groups in total. The van der Waals surface area contributed by atoms with Crippen molar-refractivity contribution in [3.05, 3.63) is 35.9 Å². The molecule has 12 heavy (non-hydrogen) atoms. The molecule has 0 heterocycles. The Hall–Kier alpha value is -0.860. The quantitative estimate of drug-likeness (QED) is 0.721. The summed E-state index contributed by atoms with van der Waals surface area (Å²) >= 11 is 0. The molecule has 0 spiro atoms. The first-order valence-corrected chi connectivity index (χ1v) is 3.70. The predicted molar refractivity (Wildman–Crippen MR) is 50.0 cm³/mol. The van der Waals surface area contributed by atoms with Gasteiger partial charge in [0, 0.05) is 13.4 Å². The van der Waals surface area contributed by atoms with Crippen LogP contribution in [0.5, 0.6) is 0 Å². The zero-order chi connectivity index (χ0) is 12.9. The molecule has 2 heteroatoms. The van der Waals surface area contributed by atoms with E-state index >= 15 is 0 Å². The molecule has 0 aromatic heterocycles. The van der Waals surface area contributed by atoms with Gasteiger partial charge in [0.1, 0.15) is 0 Å². The van der Waals surface area contributed by atoms with E-state index in [0.29, 0.717) is 0 Å². The summed E-state index contributed by atoms with van der Waals surface area (Å²) in [6, 6.07) is 9.29. The molecule has 0 aliphatic rings. The molecule has 0 atom stereocenters. The van der Waals surface area contributed by atoms with E-state index < -0.39 is 13.5 Å². The van der Waals surface area contributed by atoms with Crippen molar-refractivity contribution >= 4 is 0 Å². The van der Waals surface area contributed by atoms with E-state index in [1.54, 1.807) is 0 Å². The topological polar surface area (TPSA) is 21.3 Å². The van der Waals surface area contributed by atoms with E-state index in [4.69, 9.17) is 11.6 Å². The van der Waals surface area contributed by atoms with E-state index in [0.717, 1.165) is 5.56 Å². The van der Waals surface area contributed by atoms with E-state index in [2.05, 4.69) is 0 Å². The van der Waals surface area contributed by atoms with Gasteiger partial charge in [0.2, 0.25) is 0 Å². The number of ether oxygens (including phenoxy) is 1. The molecule has 1 aromatic rings. The van der Waals surface area contributed by atoms with Gasteiger partial charge >= 0.3 is 0 Å². The first kappa shape index (κ1) is 4.40. The number of likely N-dealkylation sites (N-methyl/N-ethyl adjacent to an activating group) is 1. The van der Waals surface area contributed by atoms with Crippen molar-refractivity contribution in [1.29, 1.82) is 0 Å². The van der Waals surface area contributed by atoms with Crippen LogP contribution in [0.15, 0.2) is 30.3 Å². The van der Waals surface area contributed by atoms with Crippen LogP contribution < -0.4 is 5.32 Å². The molecule has 0 aliphatic carbocycles. The lowest BCUT2D eigenvalue weighted by atomic mass is 10.2. The molecule has 0 amide bonds. The summed E-state index contributed by atoms with van der Waals surface area (Å²) in [5.74, 6) is 0. The molecular weight excluding hydrogens is 150 g/mol. The van der Waals surface area contributed by atoms with E-state index in [1.807, 2.05) is 35.6 Å². The number of rotatable bonds is 5. The summed E-state index contributed by atoms with van der Waals surface area (Å²) < 4.78 is 40.7. The van der Waals surface area contributed by atoms with Crippen molar-refractivity contribution in [3.8, 4) is 0 Å². The van der Waals surface area contributed by atoms with Gasteiger partial charge < -0.3 is 10.1 Å². The van der Waals surface area contributed by atoms with Crippen LogP contribution in [0.1, 0.15) is 12.4 Å². The van der Waals surface area contributed by atoms with Gasteiger partial charge in [0.05, 0.1) is 13.2 Å². The van der Waals surface area contributed by atoms with Crippen molar-refractivity contribution in [2.75, 3.05) is 20.1 Å². The second kappa shape index (κ2) is 5.75. The number of hydrogen-bond acceptors (Lipinski definition) is 2. The highest BCUT2D eigenvalue weighted by Crippen LogP contribution is 1.99. The molecule has 0 radical (unpaired) electrons. The van der Waals surface area contributed by atoms with Gasteiger partial charge in [-0.2, -0.15) is 0 Å². The van der Waals surface area contributed by atoms with Crippen LogP contribution in [0.25, 0.3) is 0 Å². The maximum atomic E-state index is 7.42. The largest absolute Gasteiger partial charge is 0.375 e. The smallest absolute Gasteiger partial charge is 0.0717 e. The maximum Gasteiger partial charge on any atom is 0.0717 e. The number of benzene rings is 1. The third-order valence-corrected chi connectivity index (χ3v) is 1.37. The van der Waals surface area contributed by atoms with Crippen molar-refractivity contribution in [2.24, 2.45) is 0 Å². The van der Waals surface area contributed by atoms with E-state index in [1.165, 1.54) is 0 Å². The van der Waals surface area contributed by atoms with Crippen LogP contribution in [0.4, 0.5) is 0 Å². The molecule has 0 fully saturated rings.